The SMILES string of the molecule is CC/C=C\C(O)C/C=C/C=C\C/C=C\C/C=C\CCCC(=O)OC[C@H](COP(=O)([O-])OCC[N+](C)(C)C)OC(=O)CCCCCCCCC/C=C\C/C=C\CCCCC. The van der Waals surface area contributed by atoms with Gasteiger partial charge in [0.15, 0.2) is 6.10 Å². The Labute approximate surface area is 359 Å². The lowest BCUT2D eigenvalue weighted by atomic mass is 10.1. The maximum atomic E-state index is 12.7. The second kappa shape index (κ2) is 39.3. The number of phosphoric ester groups is 1. The van der Waals surface area contributed by atoms with Gasteiger partial charge in [-0.25, -0.2) is 0 Å². The van der Waals surface area contributed by atoms with E-state index < -0.39 is 38.6 Å². The van der Waals surface area contributed by atoms with Crippen molar-refractivity contribution in [1.29, 1.82) is 0 Å². The molecule has 0 fully saturated rings. The number of phosphoric acid groups is 1. The molecule has 10 nitrogen and oxygen atoms in total. The summed E-state index contributed by atoms with van der Waals surface area (Å²) in [6.07, 6.45) is 46.7. The maximum absolute atomic E-state index is 12.7. The number of hydrogen-bond acceptors (Lipinski definition) is 9. The molecule has 0 rings (SSSR count). The molecule has 0 spiro atoms. The molecule has 0 heterocycles. The van der Waals surface area contributed by atoms with Crippen molar-refractivity contribution >= 4 is 19.8 Å². The van der Waals surface area contributed by atoms with Gasteiger partial charge >= 0.3 is 11.9 Å². The van der Waals surface area contributed by atoms with Crippen LogP contribution in [0.2, 0.25) is 0 Å². The van der Waals surface area contributed by atoms with E-state index in [1.165, 1.54) is 44.9 Å². The van der Waals surface area contributed by atoms with Gasteiger partial charge in [-0.15, -0.1) is 0 Å². The van der Waals surface area contributed by atoms with Crippen LogP contribution in [0.3, 0.4) is 0 Å². The van der Waals surface area contributed by atoms with Gasteiger partial charge in [-0.3, -0.25) is 14.2 Å². The first kappa shape index (κ1) is 56.1. The first-order valence-corrected chi connectivity index (χ1v) is 23.9. The zero-order valence-corrected chi connectivity index (χ0v) is 38.4. The fraction of sp³-hybridized carbons (Fsp3) is 0.667. The summed E-state index contributed by atoms with van der Waals surface area (Å²) in [4.78, 5) is 37.5. The molecule has 0 aromatic rings. The number of nitrogens with zero attached hydrogens (tertiary/aromatic N) is 1. The van der Waals surface area contributed by atoms with Crippen LogP contribution in [0.4, 0.5) is 0 Å². The first-order chi connectivity index (χ1) is 28.4. The molecule has 0 saturated carbocycles. The van der Waals surface area contributed by atoms with Crippen LogP contribution in [0.1, 0.15) is 149 Å². The molecule has 0 aliphatic rings. The van der Waals surface area contributed by atoms with Crippen molar-refractivity contribution in [3.8, 4) is 0 Å². The van der Waals surface area contributed by atoms with Crippen molar-refractivity contribution in [2.45, 2.75) is 161 Å². The van der Waals surface area contributed by atoms with E-state index in [0.717, 1.165) is 51.4 Å². The van der Waals surface area contributed by atoms with Gasteiger partial charge in [0.05, 0.1) is 33.9 Å². The Bertz CT molecular complexity index is 1300. The summed E-state index contributed by atoms with van der Waals surface area (Å²) < 4.78 is 33.8. The Morgan fingerprint density at radius 2 is 1.19 bits per heavy atom. The molecular weight excluding hydrogens is 765 g/mol. The zero-order chi connectivity index (χ0) is 43.7. The van der Waals surface area contributed by atoms with Crippen molar-refractivity contribution in [2.75, 3.05) is 47.5 Å². The highest BCUT2D eigenvalue weighted by atomic mass is 31.2. The number of esters is 2. The monoisotopic (exact) mass is 848 g/mol. The Hall–Kier alpha value is -2.85. The third-order valence-corrected chi connectivity index (χ3v) is 9.94. The number of aliphatic hydroxyl groups is 1. The fourth-order valence-corrected chi connectivity index (χ4v) is 6.17. The average molecular weight is 848 g/mol. The number of ether oxygens (including phenoxy) is 2. The van der Waals surface area contributed by atoms with E-state index in [4.69, 9.17) is 18.5 Å². The van der Waals surface area contributed by atoms with E-state index in [1.54, 1.807) is 0 Å². The summed E-state index contributed by atoms with van der Waals surface area (Å²) in [7, 11) is 1.09. The summed E-state index contributed by atoms with van der Waals surface area (Å²) in [6.45, 7) is 3.85. The number of quaternary nitrogens is 1. The standard InChI is InChI=1S/C48H82NO9P/c1-6-8-10-11-12-13-14-15-16-17-18-19-24-27-30-33-36-40-48(52)58-46(44-57-59(53,54)56-42-41-49(3,4)5)43-55-47(51)39-35-32-29-26-23-21-20-22-25-28-31-34-38-45(50)37-9-7-2/h9,12-13,15-16,20-21,25-26,28-29,31,34,37,45-46,50H,6-8,10-11,14,17-19,22-24,27,30,32-33,35-36,38-44H2,1-5H3/b13-12-,16-15-,21-20-,28-25-,29-26-,34-31+,37-9-/t45?,46-/m1/s1. The van der Waals surface area contributed by atoms with Gasteiger partial charge in [-0.05, 0) is 77.0 Å². The number of aliphatic hydroxyl groups excluding tert-OH is 1. The lowest BCUT2D eigenvalue weighted by molar-refractivity contribution is -0.870. The maximum Gasteiger partial charge on any atom is 0.306 e. The van der Waals surface area contributed by atoms with Crippen molar-refractivity contribution in [2.24, 2.45) is 0 Å². The lowest BCUT2D eigenvalue weighted by Gasteiger charge is -2.28. The molecule has 0 saturated heterocycles. The first-order valence-electron chi connectivity index (χ1n) is 22.4. The van der Waals surface area contributed by atoms with E-state index in [2.05, 4.69) is 49.5 Å². The molecule has 0 aromatic heterocycles. The molecule has 1 N–H and O–H groups in total. The van der Waals surface area contributed by atoms with Crippen molar-refractivity contribution < 1.29 is 47.2 Å². The summed E-state index contributed by atoms with van der Waals surface area (Å²) in [5.41, 5.74) is 0. The third kappa shape index (κ3) is 43.1. The van der Waals surface area contributed by atoms with Gasteiger partial charge in [0.1, 0.15) is 19.8 Å². The van der Waals surface area contributed by atoms with Gasteiger partial charge < -0.3 is 33.0 Å². The zero-order valence-electron chi connectivity index (χ0n) is 37.5. The number of carbonyl (C=O) groups is 2. The van der Waals surface area contributed by atoms with Crippen molar-refractivity contribution in [3.63, 3.8) is 0 Å². The van der Waals surface area contributed by atoms with Crippen LogP contribution in [0.25, 0.3) is 0 Å². The highest BCUT2D eigenvalue weighted by Gasteiger charge is 2.21. The number of rotatable bonds is 39. The molecular formula is C48H82NO9P. The van der Waals surface area contributed by atoms with Crippen LogP contribution in [0.15, 0.2) is 85.1 Å². The van der Waals surface area contributed by atoms with E-state index in [1.807, 2.05) is 70.6 Å². The smallest absolute Gasteiger partial charge is 0.306 e. The van der Waals surface area contributed by atoms with Gasteiger partial charge in [0.25, 0.3) is 7.82 Å². The molecule has 3 atom stereocenters. The summed E-state index contributed by atoms with van der Waals surface area (Å²) in [5, 5.41) is 9.77. The molecule has 11 heteroatoms. The highest BCUT2D eigenvalue weighted by molar-refractivity contribution is 7.45. The topological polar surface area (TPSA) is 131 Å². The Kier molecular flexibility index (Phi) is 37.4. The number of allylic oxidation sites excluding steroid dienone is 12. The van der Waals surface area contributed by atoms with Crippen LogP contribution in [0.5, 0.6) is 0 Å². The molecule has 0 bridgehead atoms. The van der Waals surface area contributed by atoms with Gasteiger partial charge in [0.2, 0.25) is 0 Å². The normalized spacial score (nSPS) is 14.9. The Balaban J connectivity index is 4.50. The van der Waals surface area contributed by atoms with E-state index >= 15 is 0 Å². The predicted octanol–water partition coefficient (Wildman–Crippen LogP) is 11.1. The highest BCUT2D eigenvalue weighted by Crippen LogP contribution is 2.38. The molecule has 59 heavy (non-hydrogen) atoms. The number of unbranched alkanes of at least 4 members (excludes halogenated alkanes) is 11. The third-order valence-electron chi connectivity index (χ3n) is 8.97. The number of carbonyl (C=O) groups excluding carboxylic acids is 2. The van der Waals surface area contributed by atoms with Crippen LogP contribution in [0, 0.1) is 0 Å². The van der Waals surface area contributed by atoms with Crippen molar-refractivity contribution in [3.05, 3.63) is 85.1 Å². The quantitative estimate of drug-likeness (QED) is 0.0160. The van der Waals surface area contributed by atoms with E-state index in [-0.39, 0.29) is 26.1 Å². The van der Waals surface area contributed by atoms with Crippen molar-refractivity contribution in [1.82, 2.24) is 0 Å². The fourth-order valence-electron chi connectivity index (χ4n) is 5.44. The molecule has 0 aliphatic carbocycles. The molecule has 2 unspecified atom stereocenters. The second-order valence-electron chi connectivity index (χ2n) is 15.9. The molecule has 0 aromatic carbocycles. The molecule has 0 radical (unpaired) electrons. The minimum atomic E-state index is -4.66. The Morgan fingerprint density at radius 1 is 0.644 bits per heavy atom. The summed E-state index contributed by atoms with van der Waals surface area (Å²) in [5.74, 6) is -0.944. The van der Waals surface area contributed by atoms with E-state index in [0.29, 0.717) is 36.7 Å². The van der Waals surface area contributed by atoms with Crippen LogP contribution >= 0.6 is 7.82 Å². The molecule has 338 valence electrons. The number of hydrogen-bond donors (Lipinski definition) is 1. The minimum Gasteiger partial charge on any atom is -0.756 e. The molecule has 0 amide bonds. The van der Waals surface area contributed by atoms with Gasteiger partial charge in [-0.1, -0.05) is 144 Å². The van der Waals surface area contributed by atoms with Gasteiger partial charge in [-0.2, -0.15) is 0 Å². The predicted molar refractivity (Wildman–Crippen MR) is 242 cm³/mol. The second-order valence-corrected chi connectivity index (χ2v) is 17.3. The van der Waals surface area contributed by atoms with E-state index in [9.17, 15) is 24.2 Å². The molecule has 0 aliphatic heterocycles. The van der Waals surface area contributed by atoms with Crippen LogP contribution in [-0.2, 0) is 32.7 Å². The minimum absolute atomic E-state index is 0.0530. The number of likely N-dealkylation sites (N-methyl/N-ethyl adjacent to an activating group) is 1. The summed E-state index contributed by atoms with van der Waals surface area (Å²) >= 11 is 0. The average Bonchev–Trinajstić information content (AvgIpc) is 3.18. The lowest BCUT2D eigenvalue weighted by Crippen LogP contribution is -2.37. The van der Waals surface area contributed by atoms with Gasteiger partial charge in [0, 0.05) is 12.8 Å². The Morgan fingerprint density at radius 3 is 1.81 bits per heavy atom. The van der Waals surface area contributed by atoms with Crippen LogP contribution in [-0.4, -0.2) is 81.2 Å². The van der Waals surface area contributed by atoms with Crippen LogP contribution < -0.4 is 4.89 Å². The summed E-state index contributed by atoms with van der Waals surface area (Å²) in [6, 6.07) is 0. The largest absolute Gasteiger partial charge is 0.756 e.